The van der Waals surface area contributed by atoms with Crippen LogP contribution in [0.5, 0.6) is 0 Å². The minimum Gasteiger partial charge on any atom is -0.384 e. The predicted molar refractivity (Wildman–Crippen MR) is 73.1 cm³/mol. The van der Waals surface area contributed by atoms with Crippen molar-refractivity contribution < 1.29 is 9.72 Å². The first-order chi connectivity index (χ1) is 8.97. The van der Waals surface area contributed by atoms with Crippen LogP contribution >= 0.6 is 27.3 Å². The molecule has 0 saturated heterocycles. The third-order valence-corrected chi connectivity index (χ3v) is 3.43. The molecule has 8 nitrogen and oxygen atoms in total. The van der Waals surface area contributed by atoms with E-state index in [4.69, 9.17) is 5.73 Å². The average molecular weight is 344 g/mol. The molecule has 0 aliphatic heterocycles. The largest absolute Gasteiger partial charge is 0.384 e. The van der Waals surface area contributed by atoms with Gasteiger partial charge in [0.2, 0.25) is 0 Å². The maximum atomic E-state index is 12.0. The van der Waals surface area contributed by atoms with E-state index in [1.54, 1.807) is 0 Å². The number of nitrogens with zero attached hydrogens (tertiary/aromatic N) is 3. The second-order valence-corrected chi connectivity index (χ2v) is 5.72. The number of thiazole rings is 1. The Balaban J connectivity index is 2.32. The highest BCUT2D eigenvalue weighted by Gasteiger charge is 2.22. The molecule has 19 heavy (non-hydrogen) atoms. The van der Waals surface area contributed by atoms with Crippen LogP contribution in [0.2, 0.25) is 0 Å². The lowest BCUT2D eigenvalue weighted by atomic mass is 10.2. The summed E-state index contributed by atoms with van der Waals surface area (Å²) < 4.78 is 0.728. The molecule has 0 unspecified atom stereocenters. The van der Waals surface area contributed by atoms with Gasteiger partial charge in [-0.05, 0) is 22.0 Å². The lowest BCUT2D eigenvalue weighted by Crippen LogP contribution is -2.14. The van der Waals surface area contributed by atoms with E-state index in [1.165, 1.54) is 17.5 Å². The van der Waals surface area contributed by atoms with Crippen LogP contribution in [-0.4, -0.2) is 20.8 Å². The molecular formula is C9H6BrN5O3S. The van der Waals surface area contributed by atoms with Gasteiger partial charge in [-0.15, -0.1) is 0 Å². The van der Waals surface area contributed by atoms with Gasteiger partial charge in [-0.3, -0.25) is 20.2 Å². The number of hydrogen-bond donors (Lipinski definition) is 2. The van der Waals surface area contributed by atoms with Crippen molar-refractivity contribution in [2.75, 3.05) is 11.1 Å². The van der Waals surface area contributed by atoms with Crippen LogP contribution in [0.25, 0.3) is 0 Å². The average Bonchev–Trinajstić information content (AvgIpc) is 2.74. The minimum absolute atomic E-state index is 0.0241. The summed E-state index contributed by atoms with van der Waals surface area (Å²) in [6.45, 7) is 0. The Bertz CT molecular complexity index is 659. The van der Waals surface area contributed by atoms with Crippen molar-refractivity contribution in [1.82, 2.24) is 9.97 Å². The first-order valence-electron chi connectivity index (χ1n) is 4.80. The highest BCUT2D eigenvalue weighted by atomic mass is 79.9. The number of amides is 1. The van der Waals surface area contributed by atoms with E-state index >= 15 is 0 Å². The van der Waals surface area contributed by atoms with Gasteiger partial charge >= 0.3 is 0 Å². The molecule has 0 saturated carbocycles. The van der Waals surface area contributed by atoms with Crippen molar-refractivity contribution in [1.29, 1.82) is 0 Å². The number of nitrogens with two attached hydrogens (primary N) is 1. The number of nitrogen functional groups attached to an aromatic ring is 1. The molecule has 0 bridgehead atoms. The summed E-state index contributed by atoms with van der Waals surface area (Å²) in [7, 11) is 0. The van der Waals surface area contributed by atoms with Crippen LogP contribution < -0.4 is 11.1 Å². The maximum absolute atomic E-state index is 12.0. The van der Waals surface area contributed by atoms with Gasteiger partial charge in [0.25, 0.3) is 11.6 Å². The molecule has 2 aromatic rings. The summed E-state index contributed by atoms with van der Waals surface area (Å²) in [4.78, 5) is 29.6. The van der Waals surface area contributed by atoms with Gasteiger partial charge in [0.05, 0.1) is 14.9 Å². The van der Waals surface area contributed by atoms with Gasteiger partial charge in [-0.1, -0.05) is 11.3 Å². The quantitative estimate of drug-likeness (QED) is 0.649. The van der Waals surface area contributed by atoms with E-state index in [2.05, 4.69) is 31.2 Å². The number of pyridine rings is 1. The number of nitro groups is 1. The van der Waals surface area contributed by atoms with Gasteiger partial charge in [0, 0.05) is 0 Å². The number of anilines is 2. The maximum Gasteiger partial charge on any atom is 0.300 e. The van der Waals surface area contributed by atoms with Crippen LogP contribution in [-0.2, 0) is 0 Å². The minimum atomic E-state index is -0.695. The molecule has 98 valence electrons. The van der Waals surface area contributed by atoms with Gasteiger partial charge in [-0.25, -0.2) is 9.97 Å². The molecule has 0 aliphatic rings. The molecule has 0 radical (unpaired) electrons. The predicted octanol–water partition coefficient (Wildman–Crippen LogP) is 2.04. The molecule has 2 aromatic heterocycles. The zero-order chi connectivity index (χ0) is 14.0. The lowest BCUT2D eigenvalue weighted by Gasteiger charge is -2.03. The second-order valence-electron chi connectivity index (χ2n) is 3.31. The summed E-state index contributed by atoms with van der Waals surface area (Å²) in [5.41, 5.74) is 4.85. The molecule has 0 spiro atoms. The monoisotopic (exact) mass is 343 g/mol. The Morgan fingerprint density at radius 3 is 2.79 bits per heavy atom. The van der Waals surface area contributed by atoms with Gasteiger partial charge in [0.15, 0.2) is 5.13 Å². The summed E-state index contributed by atoms with van der Waals surface area (Å²) >= 11 is 4.38. The highest BCUT2D eigenvalue weighted by molar-refractivity contribution is 9.11. The van der Waals surface area contributed by atoms with Crippen molar-refractivity contribution in [3.63, 3.8) is 0 Å². The number of aromatic nitrogens is 2. The molecule has 10 heteroatoms. The number of hydrogen-bond acceptors (Lipinski definition) is 7. The second kappa shape index (κ2) is 5.28. The van der Waals surface area contributed by atoms with Crippen LogP contribution in [0, 0.1) is 10.1 Å². The molecule has 0 aromatic carbocycles. The molecule has 3 N–H and O–H groups in total. The van der Waals surface area contributed by atoms with Crippen LogP contribution in [0.4, 0.5) is 16.6 Å². The van der Waals surface area contributed by atoms with Crippen LogP contribution in [0.3, 0.4) is 0 Å². The van der Waals surface area contributed by atoms with Crippen molar-refractivity contribution >= 4 is 49.8 Å². The van der Waals surface area contributed by atoms with Gasteiger partial charge in [-0.2, -0.15) is 0 Å². The van der Waals surface area contributed by atoms with E-state index in [9.17, 15) is 14.9 Å². The normalized spacial score (nSPS) is 10.2. The van der Waals surface area contributed by atoms with Crippen molar-refractivity contribution in [3.8, 4) is 0 Å². The third kappa shape index (κ3) is 3.03. The first kappa shape index (κ1) is 13.4. The fourth-order valence-corrected chi connectivity index (χ4v) is 2.37. The Hall–Kier alpha value is -2.07. The fourth-order valence-electron chi connectivity index (χ4n) is 1.27. The zero-order valence-corrected chi connectivity index (χ0v) is 11.6. The van der Waals surface area contributed by atoms with Crippen molar-refractivity contribution in [3.05, 3.63) is 37.9 Å². The van der Waals surface area contributed by atoms with Crippen LogP contribution in [0.15, 0.2) is 22.2 Å². The Kier molecular flexibility index (Phi) is 3.71. The smallest absolute Gasteiger partial charge is 0.300 e. The SMILES string of the molecule is Nc1cc(C(=O)Nc2ncc(Br)s2)c([N+](=O)[O-])cn1. The summed E-state index contributed by atoms with van der Waals surface area (Å²) in [5, 5.41) is 13.6. The lowest BCUT2D eigenvalue weighted by molar-refractivity contribution is -0.385. The Morgan fingerprint density at radius 1 is 1.47 bits per heavy atom. The van der Waals surface area contributed by atoms with E-state index in [-0.39, 0.29) is 11.4 Å². The highest BCUT2D eigenvalue weighted by Crippen LogP contribution is 2.25. The standard InChI is InChI=1S/C9H6BrN5O3S/c10-6-3-13-9(19-6)14-8(16)4-1-7(11)12-2-5(4)15(17)18/h1-3H,(H2,11,12)(H,13,14,16). The summed E-state index contributed by atoms with van der Waals surface area (Å²) in [5.74, 6) is -0.640. The molecule has 2 rings (SSSR count). The van der Waals surface area contributed by atoms with Crippen molar-refractivity contribution in [2.24, 2.45) is 0 Å². The number of carbonyl (C=O) groups is 1. The van der Waals surface area contributed by atoms with E-state index < -0.39 is 16.5 Å². The number of carbonyl (C=O) groups excluding carboxylic acids is 1. The van der Waals surface area contributed by atoms with E-state index in [0.717, 1.165) is 16.0 Å². The van der Waals surface area contributed by atoms with Crippen LogP contribution in [0.1, 0.15) is 10.4 Å². The van der Waals surface area contributed by atoms with E-state index in [0.29, 0.717) is 5.13 Å². The number of nitrogens with one attached hydrogen (secondary N) is 1. The Morgan fingerprint density at radius 2 is 2.21 bits per heavy atom. The van der Waals surface area contributed by atoms with Gasteiger partial charge in [0.1, 0.15) is 17.6 Å². The molecule has 0 atom stereocenters. The molecule has 0 fully saturated rings. The number of halogens is 1. The van der Waals surface area contributed by atoms with Gasteiger partial charge < -0.3 is 5.73 Å². The molecule has 2 heterocycles. The summed E-state index contributed by atoms with van der Waals surface area (Å²) in [6, 6.07) is 1.15. The Labute approximate surface area is 119 Å². The topological polar surface area (TPSA) is 124 Å². The molecule has 0 aliphatic carbocycles. The van der Waals surface area contributed by atoms with Crippen molar-refractivity contribution in [2.45, 2.75) is 0 Å². The zero-order valence-electron chi connectivity index (χ0n) is 9.16. The molecule has 1 amide bonds. The first-order valence-corrected chi connectivity index (χ1v) is 6.41. The third-order valence-electron chi connectivity index (χ3n) is 2.04. The number of rotatable bonds is 3. The van der Waals surface area contributed by atoms with E-state index in [1.807, 2.05) is 0 Å². The fraction of sp³-hybridized carbons (Fsp3) is 0. The molecular weight excluding hydrogens is 338 g/mol. The summed E-state index contributed by atoms with van der Waals surface area (Å²) in [6.07, 6.45) is 2.46.